The summed E-state index contributed by atoms with van der Waals surface area (Å²) in [6.45, 7) is 8.67. The number of hydrogen-bond acceptors (Lipinski definition) is 2. The van der Waals surface area contributed by atoms with Gasteiger partial charge in [-0.25, -0.2) is 0 Å². The number of hydrogen-bond donors (Lipinski definition) is 1. The van der Waals surface area contributed by atoms with Gasteiger partial charge in [-0.1, -0.05) is 51.3 Å². The lowest BCUT2D eigenvalue weighted by Crippen LogP contribution is -2.35. The lowest BCUT2D eigenvalue weighted by molar-refractivity contribution is 0.549. The first-order chi connectivity index (χ1) is 10.1. The van der Waals surface area contributed by atoms with Crippen LogP contribution in [0.5, 0.6) is 0 Å². The number of halogens is 1. The van der Waals surface area contributed by atoms with Crippen LogP contribution in [0.15, 0.2) is 18.2 Å². The van der Waals surface area contributed by atoms with Crippen molar-refractivity contribution in [3.63, 3.8) is 0 Å². The largest absolute Gasteiger partial charge is 0.368 e. The van der Waals surface area contributed by atoms with Crippen molar-refractivity contribution in [2.75, 3.05) is 11.4 Å². The maximum Gasteiger partial charge on any atom is 0.0471 e. The van der Waals surface area contributed by atoms with Crippen LogP contribution in [0.3, 0.4) is 0 Å². The van der Waals surface area contributed by atoms with E-state index in [1.807, 2.05) is 6.07 Å². The van der Waals surface area contributed by atoms with Gasteiger partial charge in [-0.3, -0.25) is 0 Å². The molecule has 2 nitrogen and oxygen atoms in total. The smallest absolute Gasteiger partial charge is 0.0471 e. The summed E-state index contributed by atoms with van der Waals surface area (Å²) in [7, 11) is 0. The van der Waals surface area contributed by atoms with Gasteiger partial charge in [-0.15, -0.1) is 0 Å². The molecular formula is C18H29ClN2. The van der Waals surface area contributed by atoms with Crippen LogP contribution in [0.1, 0.15) is 58.4 Å². The Bertz CT molecular complexity index is 445. The van der Waals surface area contributed by atoms with Crippen LogP contribution < -0.4 is 10.2 Å². The van der Waals surface area contributed by atoms with Crippen molar-refractivity contribution >= 4 is 17.3 Å². The normalized spacial score (nSPS) is 19.9. The highest BCUT2D eigenvalue weighted by atomic mass is 35.5. The number of rotatable bonds is 5. The van der Waals surface area contributed by atoms with Crippen molar-refractivity contribution in [2.45, 2.75) is 71.5 Å². The Labute approximate surface area is 134 Å². The molecule has 0 aromatic heterocycles. The molecule has 0 saturated carbocycles. The van der Waals surface area contributed by atoms with Gasteiger partial charge in [0.1, 0.15) is 0 Å². The monoisotopic (exact) mass is 308 g/mol. The molecule has 118 valence electrons. The fourth-order valence-electron chi connectivity index (χ4n) is 3.22. The number of benzene rings is 1. The van der Waals surface area contributed by atoms with E-state index in [2.05, 4.69) is 43.1 Å². The zero-order chi connectivity index (χ0) is 15.2. The fourth-order valence-corrected chi connectivity index (χ4v) is 3.45. The van der Waals surface area contributed by atoms with E-state index < -0.39 is 0 Å². The van der Waals surface area contributed by atoms with E-state index >= 15 is 0 Å². The molecule has 1 unspecified atom stereocenters. The molecule has 1 saturated heterocycles. The van der Waals surface area contributed by atoms with E-state index in [9.17, 15) is 0 Å². The summed E-state index contributed by atoms with van der Waals surface area (Å²) in [5, 5.41) is 4.41. The first-order valence-corrected chi connectivity index (χ1v) is 8.78. The second-order valence-corrected chi connectivity index (χ2v) is 6.79. The number of anilines is 1. The van der Waals surface area contributed by atoms with E-state index in [0.717, 1.165) is 18.1 Å². The third-order valence-electron chi connectivity index (χ3n) is 4.44. The molecule has 1 N–H and O–H groups in total. The molecule has 0 bridgehead atoms. The Morgan fingerprint density at radius 1 is 1.29 bits per heavy atom. The van der Waals surface area contributed by atoms with E-state index in [-0.39, 0.29) is 0 Å². The minimum atomic E-state index is 0.472. The van der Waals surface area contributed by atoms with Crippen molar-refractivity contribution in [2.24, 2.45) is 0 Å². The number of nitrogens with one attached hydrogen (secondary N) is 1. The molecule has 1 aromatic carbocycles. The van der Waals surface area contributed by atoms with Crippen molar-refractivity contribution in [1.29, 1.82) is 0 Å². The lowest BCUT2D eigenvalue weighted by atomic mass is 10.0. The van der Waals surface area contributed by atoms with E-state index in [1.165, 1.54) is 43.4 Å². The van der Waals surface area contributed by atoms with Gasteiger partial charge in [0.05, 0.1) is 0 Å². The second kappa shape index (κ2) is 8.05. The fraction of sp³-hybridized carbons (Fsp3) is 0.667. The van der Waals surface area contributed by atoms with Gasteiger partial charge in [0.2, 0.25) is 0 Å². The summed E-state index contributed by atoms with van der Waals surface area (Å²) >= 11 is 6.50. The van der Waals surface area contributed by atoms with Gasteiger partial charge >= 0.3 is 0 Å². The molecule has 0 spiro atoms. The van der Waals surface area contributed by atoms with Crippen LogP contribution in [0, 0.1) is 0 Å². The molecule has 0 radical (unpaired) electrons. The molecule has 0 amide bonds. The van der Waals surface area contributed by atoms with Crippen LogP contribution in [0.2, 0.25) is 5.02 Å². The molecule has 1 atom stereocenters. The average molecular weight is 309 g/mol. The minimum Gasteiger partial charge on any atom is -0.368 e. The Morgan fingerprint density at radius 2 is 2.10 bits per heavy atom. The average Bonchev–Trinajstić information content (AvgIpc) is 2.70. The Morgan fingerprint density at radius 3 is 2.81 bits per heavy atom. The highest BCUT2D eigenvalue weighted by molar-refractivity contribution is 6.31. The molecule has 1 fully saturated rings. The van der Waals surface area contributed by atoms with Crippen LogP contribution >= 0.6 is 11.6 Å². The maximum atomic E-state index is 6.50. The predicted molar refractivity (Wildman–Crippen MR) is 93.3 cm³/mol. The van der Waals surface area contributed by atoms with Crippen LogP contribution in [-0.2, 0) is 6.54 Å². The first-order valence-electron chi connectivity index (χ1n) is 8.41. The van der Waals surface area contributed by atoms with E-state index in [1.54, 1.807) is 0 Å². The van der Waals surface area contributed by atoms with Crippen molar-refractivity contribution in [3.8, 4) is 0 Å². The van der Waals surface area contributed by atoms with Gasteiger partial charge in [0.25, 0.3) is 0 Å². The van der Waals surface area contributed by atoms with Gasteiger partial charge in [0.15, 0.2) is 0 Å². The van der Waals surface area contributed by atoms with Gasteiger partial charge in [-0.2, -0.15) is 0 Å². The van der Waals surface area contributed by atoms with Crippen LogP contribution in [0.25, 0.3) is 0 Å². The Hall–Kier alpha value is -0.730. The van der Waals surface area contributed by atoms with Crippen LogP contribution in [0.4, 0.5) is 5.69 Å². The third-order valence-corrected chi connectivity index (χ3v) is 4.79. The van der Waals surface area contributed by atoms with E-state index in [0.29, 0.717) is 12.1 Å². The highest BCUT2D eigenvalue weighted by Gasteiger charge is 2.22. The van der Waals surface area contributed by atoms with Crippen molar-refractivity contribution in [1.82, 2.24) is 5.32 Å². The summed E-state index contributed by atoms with van der Waals surface area (Å²) in [6.07, 6.45) is 6.52. The standard InChI is InChI=1S/C18H29ClN2/c1-4-15-9-6-5-7-12-21(15)18-11-8-10-17(19)16(18)13-20-14(2)3/h8,10-11,14-15,20H,4-7,9,12-13H2,1-3H3. The minimum absolute atomic E-state index is 0.472. The third kappa shape index (κ3) is 4.37. The molecule has 1 aliphatic rings. The van der Waals surface area contributed by atoms with E-state index in [4.69, 9.17) is 11.6 Å². The molecule has 21 heavy (non-hydrogen) atoms. The zero-order valence-electron chi connectivity index (χ0n) is 13.7. The summed E-state index contributed by atoms with van der Waals surface area (Å²) in [6, 6.07) is 7.48. The Kier molecular flexibility index (Phi) is 6.38. The summed E-state index contributed by atoms with van der Waals surface area (Å²) < 4.78 is 0. The quantitative estimate of drug-likeness (QED) is 0.823. The van der Waals surface area contributed by atoms with Gasteiger partial charge in [-0.05, 0) is 31.4 Å². The molecule has 3 heteroatoms. The topological polar surface area (TPSA) is 15.3 Å². The molecule has 1 heterocycles. The van der Waals surface area contributed by atoms with Gasteiger partial charge in [0, 0.05) is 41.4 Å². The first kappa shape index (κ1) is 16.6. The molecule has 1 aliphatic heterocycles. The van der Waals surface area contributed by atoms with Crippen molar-refractivity contribution in [3.05, 3.63) is 28.8 Å². The number of nitrogens with zero attached hydrogens (tertiary/aromatic N) is 1. The van der Waals surface area contributed by atoms with Gasteiger partial charge < -0.3 is 10.2 Å². The maximum absolute atomic E-state index is 6.50. The summed E-state index contributed by atoms with van der Waals surface area (Å²) in [5.41, 5.74) is 2.60. The SMILES string of the molecule is CCC1CCCCCN1c1cccc(Cl)c1CNC(C)C. The van der Waals surface area contributed by atoms with Crippen LogP contribution in [-0.4, -0.2) is 18.6 Å². The highest BCUT2D eigenvalue weighted by Crippen LogP contribution is 2.32. The second-order valence-electron chi connectivity index (χ2n) is 6.38. The lowest BCUT2D eigenvalue weighted by Gasteiger charge is -2.33. The predicted octanol–water partition coefficient (Wildman–Crippen LogP) is 5.00. The Balaban J connectivity index is 2.29. The molecule has 1 aromatic rings. The molecule has 0 aliphatic carbocycles. The summed E-state index contributed by atoms with van der Waals surface area (Å²) in [4.78, 5) is 2.61. The molecular weight excluding hydrogens is 280 g/mol. The zero-order valence-corrected chi connectivity index (χ0v) is 14.4. The molecule has 2 rings (SSSR count). The summed E-state index contributed by atoms with van der Waals surface area (Å²) in [5.74, 6) is 0. The van der Waals surface area contributed by atoms with Crippen molar-refractivity contribution < 1.29 is 0 Å².